The van der Waals surface area contributed by atoms with E-state index in [1.807, 2.05) is 0 Å². The molecule has 1 heterocycles. The molecule has 84 valence electrons. The summed E-state index contributed by atoms with van der Waals surface area (Å²) in [7, 11) is -3.64. The van der Waals surface area contributed by atoms with E-state index in [0.717, 1.165) is 0 Å². The minimum absolute atomic E-state index is 0.0711. The highest BCUT2D eigenvalue weighted by atomic mass is 35.5. The van der Waals surface area contributed by atoms with Crippen LogP contribution in [0.3, 0.4) is 0 Å². The topological polar surface area (TPSA) is 67.3 Å². The van der Waals surface area contributed by atoms with Crippen LogP contribution in [0.4, 0.5) is 0 Å². The van der Waals surface area contributed by atoms with Crippen molar-refractivity contribution in [2.75, 3.05) is 5.75 Å². The van der Waals surface area contributed by atoms with E-state index in [4.69, 9.17) is 11.6 Å². The number of aromatic nitrogens is 1. The molecule has 0 aliphatic carbocycles. The lowest BCUT2D eigenvalue weighted by molar-refractivity contribution is 0.105. The lowest BCUT2D eigenvalue weighted by Crippen LogP contribution is -2.30. The fourth-order valence-corrected chi connectivity index (χ4v) is 3.26. The van der Waals surface area contributed by atoms with E-state index in [2.05, 4.69) is 4.98 Å². The Morgan fingerprint density at radius 1 is 1.53 bits per heavy atom. The molecule has 1 N–H and O–H groups in total. The van der Waals surface area contributed by atoms with Crippen LogP contribution in [0.1, 0.15) is 13.8 Å². The van der Waals surface area contributed by atoms with Crippen LogP contribution in [-0.4, -0.2) is 29.9 Å². The average Bonchev–Trinajstić information content (AvgIpc) is 1.99. The smallest absolute Gasteiger partial charge is 0.199 e. The van der Waals surface area contributed by atoms with Gasteiger partial charge in [0.05, 0.1) is 16.4 Å². The summed E-state index contributed by atoms with van der Waals surface area (Å²) in [6.45, 7) is 2.84. The number of nitrogens with zero attached hydrogens (tertiary/aromatic N) is 1. The maximum absolute atomic E-state index is 11.8. The second-order valence-electron chi connectivity index (χ2n) is 3.86. The number of aliphatic hydroxyl groups is 1. The Morgan fingerprint density at radius 2 is 2.13 bits per heavy atom. The predicted molar refractivity (Wildman–Crippen MR) is 57.6 cm³/mol. The van der Waals surface area contributed by atoms with Gasteiger partial charge < -0.3 is 5.11 Å². The Morgan fingerprint density at radius 3 is 2.60 bits per heavy atom. The third-order valence-electron chi connectivity index (χ3n) is 1.56. The summed E-state index contributed by atoms with van der Waals surface area (Å²) >= 11 is 5.71. The second kappa shape index (κ2) is 4.08. The normalized spacial score (nSPS) is 12.8. The minimum atomic E-state index is -3.64. The second-order valence-corrected chi connectivity index (χ2v) is 6.17. The number of hydrogen-bond donors (Lipinski definition) is 1. The van der Waals surface area contributed by atoms with Crippen molar-refractivity contribution in [2.45, 2.75) is 24.5 Å². The van der Waals surface area contributed by atoms with Gasteiger partial charge in [0.25, 0.3) is 0 Å². The van der Waals surface area contributed by atoms with Gasteiger partial charge in [0.2, 0.25) is 0 Å². The summed E-state index contributed by atoms with van der Waals surface area (Å²) in [5.74, 6) is -0.406. The number of pyridine rings is 1. The molecular formula is C9H12ClNO3S. The highest BCUT2D eigenvalue weighted by Gasteiger charge is 2.27. The summed E-state index contributed by atoms with van der Waals surface area (Å²) in [6, 6.07) is 3.00. The molecule has 0 saturated heterocycles. The van der Waals surface area contributed by atoms with Gasteiger partial charge in [-0.3, -0.25) is 0 Å². The van der Waals surface area contributed by atoms with Crippen molar-refractivity contribution < 1.29 is 13.5 Å². The standard InChI is InChI=1S/C9H12ClNO3S/c1-9(2,12)6-15(13,14)8-7(10)4-3-5-11-8/h3-5,12H,6H2,1-2H3. The zero-order chi connectivity index (χ0) is 11.7. The molecule has 1 aromatic rings. The Bertz CT molecular complexity index is 451. The first-order valence-electron chi connectivity index (χ1n) is 4.28. The first-order chi connectivity index (χ1) is 6.72. The predicted octanol–water partition coefficient (Wildman–Crippen LogP) is 1.28. The monoisotopic (exact) mass is 249 g/mol. The number of rotatable bonds is 3. The van der Waals surface area contributed by atoms with E-state index in [0.29, 0.717) is 0 Å². The largest absolute Gasteiger partial charge is 0.389 e. The molecule has 1 rings (SSSR count). The van der Waals surface area contributed by atoms with Gasteiger partial charge in [-0.15, -0.1) is 0 Å². The molecular weight excluding hydrogens is 238 g/mol. The summed E-state index contributed by atoms with van der Waals surface area (Å²) in [5, 5.41) is 9.34. The number of hydrogen-bond acceptors (Lipinski definition) is 4. The molecule has 0 atom stereocenters. The highest BCUT2D eigenvalue weighted by Crippen LogP contribution is 2.21. The van der Waals surface area contributed by atoms with E-state index < -0.39 is 21.2 Å². The molecule has 1 aromatic heterocycles. The summed E-state index contributed by atoms with van der Waals surface area (Å²) in [5.41, 5.74) is -1.31. The SMILES string of the molecule is CC(C)(O)CS(=O)(=O)c1ncccc1Cl. The van der Waals surface area contributed by atoms with Gasteiger partial charge in [0, 0.05) is 6.20 Å². The molecule has 0 amide bonds. The van der Waals surface area contributed by atoms with Gasteiger partial charge in [0.15, 0.2) is 14.9 Å². The van der Waals surface area contributed by atoms with Gasteiger partial charge in [-0.1, -0.05) is 11.6 Å². The molecule has 4 nitrogen and oxygen atoms in total. The van der Waals surface area contributed by atoms with E-state index in [-0.39, 0.29) is 10.0 Å². The van der Waals surface area contributed by atoms with Gasteiger partial charge >= 0.3 is 0 Å². The van der Waals surface area contributed by atoms with E-state index >= 15 is 0 Å². The molecule has 0 aromatic carbocycles. The van der Waals surface area contributed by atoms with Crippen LogP contribution in [0.15, 0.2) is 23.4 Å². The first-order valence-corrected chi connectivity index (χ1v) is 6.31. The third kappa shape index (κ3) is 3.44. The van der Waals surface area contributed by atoms with E-state index in [1.165, 1.54) is 26.1 Å². The van der Waals surface area contributed by atoms with Gasteiger partial charge in [-0.25, -0.2) is 13.4 Å². The van der Waals surface area contributed by atoms with Crippen LogP contribution in [-0.2, 0) is 9.84 Å². The Balaban J connectivity index is 3.13. The Labute approximate surface area is 93.8 Å². The van der Waals surface area contributed by atoms with Gasteiger partial charge in [-0.2, -0.15) is 0 Å². The summed E-state index contributed by atoms with van der Waals surface area (Å²) in [4.78, 5) is 3.70. The molecule has 0 spiro atoms. The van der Waals surface area contributed by atoms with Gasteiger partial charge in [0.1, 0.15) is 0 Å². The Kier molecular flexibility index (Phi) is 3.38. The van der Waals surface area contributed by atoms with Crippen LogP contribution in [0.5, 0.6) is 0 Å². The Hall–Kier alpha value is -0.650. The lowest BCUT2D eigenvalue weighted by Gasteiger charge is -2.16. The maximum Gasteiger partial charge on any atom is 0.199 e. The molecule has 0 radical (unpaired) electrons. The quantitative estimate of drug-likeness (QED) is 0.876. The van der Waals surface area contributed by atoms with E-state index in [9.17, 15) is 13.5 Å². The van der Waals surface area contributed by atoms with Crippen LogP contribution in [0.25, 0.3) is 0 Å². The zero-order valence-electron chi connectivity index (χ0n) is 8.44. The first kappa shape index (κ1) is 12.4. The molecule has 0 aliphatic rings. The minimum Gasteiger partial charge on any atom is -0.389 e. The average molecular weight is 250 g/mol. The van der Waals surface area contributed by atoms with Crippen LogP contribution >= 0.6 is 11.6 Å². The van der Waals surface area contributed by atoms with Crippen molar-refractivity contribution >= 4 is 21.4 Å². The van der Waals surface area contributed by atoms with Gasteiger partial charge in [-0.05, 0) is 26.0 Å². The number of halogens is 1. The van der Waals surface area contributed by atoms with Crippen molar-refractivity contribution in [3.63, 3.8) is 0 Å². The zero-order valence-corrected chi connectivity index (χ0v) is 10.0. The van der Waals surface area contributed by atoms with Crippen molar-refractivity contribution in [3.8, 4) is 0 Å². The maximum atomic E-state index is 11.8. The number of sulfone groups is 1. The molecule has 0 saturated carbocycles. The van der Waals surface area contributed by atoms with Crippen LogP contribution in [0.2, 0.25) is 5.02 Å². The molecule has 0 aliphatic heterocycles. The fraction of sp³-hybridized carbons (Fsp3) is 0.444. The molecule has 0 unspecified atom stereocenters. The molecule has 0 bridgehead atoms. The van der Waals surface area contributed by atoms with Crippen LogP contribution in [0, 0.1) is 0 Å². The molecule has 15 heavy (non-hydrogen) atoms. The van der Waals surface area contributed by atoms with Crippen LogP contribution < -0.4 is 0 Å². The molecule has 0 fully saturated rings. The molecule has 6 heteroatoms. The third-order valence-corrected chi connectivity index (χ3v) is 3.98. The summed E-state index contributed by atoms with van der Waals surface area (Å²) < 4.78 is 23.5. The van der Waals surface area contributed by atoms with Crippen molar-refractivity contribution in [3.05, 3.63) is 23.4 Å². The highest BCUT2D eigenvalue weighted by molar-refractivity contribution is 7.91. The summed E-state index contributed by atoms with van der Waals surface area (Å²) in [6.07, 6.45) is 1.35. The van der Waals surface area contributed by atoms with E-state index in [1.54, 1.807) is 6.07 Å². The van der Waals surface area contributed by atoms with Crippen molar-refractivity contribution in [2.24, 2.45) is 0 Å². The fourth-order valence-electron chi connectivity index (χ4n) is 1.13. The van der Waals surface area contributed by atoms with Crippen molar-refractivity contribution in [1.82, 2.24) is 4.98 Å². The van der Waals surface area contributed by atoms with Crippen molar-refractivity contribution in [1.29, 1.82) is 0 Å². The lowest BCUT2D eigenvalue weighted by atomic mass is 10.2.